The van der Waals surface area contributed by atoms with Gasteiger partial charge in [-0.15, -0.1) is 0 Å². The quantitative estimate of drug-likeness (QED) is 0.717. The highest BCUT2D eigenvalue weighted by Gasteiger charge is 2.09. The SMILES string of the molecule is O=C(O)OCc1ccccc1C(=O)O. The Morgan fingerprint density at radius 1 is 1.21 bits per heavy atom. The molecule has 0 saturated carbocycles. The lowest BCUT2D eigenvalue weighted by molar-refractivity contribution is 0.0678. The highest BCUT2D eigenvalue weighted by atomic mass is 16.7. The Balaban J connectivity index is 2.84. The van der Waals surface area contributed by atoms with Crippen molar-refractivity contribution in [3.05, 3.63) is 35.4 Å². The molecular weight excluding hydrogens is 188 g/mol. The van der Waals surface area contributed by atoms with Gasteiger partial charge in [-0.3, -0.25) is 0 Å². The van der Waals surface area contributed by atoms with Gasteiger partial charge >= 0.3 is 12.1 Å². The number of rotatable bonds is 3. The molecule has 1 aromatic carbocycles. The molecule has 0 aliphatic rings. The van der Waals surface area contributed by atoms with Gasteiger partial charge in [0.25, 0.3) is 0 Å². The van der Waals surface area contributed by atoms with E-state index in [4.69, 9.17) is 10.2 Å². The predicted molar refractivity (Wildman–Crippen MR) is 46.2 cm³/mol. The van der Waals surface area contributed by atoms with Crippen molar-refractivity contribution in [2.45, 2.75) is 6.61 Å². The fourth-order valence-corrected chi connectivity index (χ4v) is 0.994. The number of benzene rings is 1. The van der Waals surface area contributed by atoms with Crippen LogP contribution in [-0.2, 0) is 11.3 Å². The Kier molecular flexibility index (Phi) is 3.06. The van der Waals surface area contributed by atoms with Gasteiger partial charge in [0.05, 0.1) is 5.56 Å². The molecule has 0 heterocycles. The molecule has 0 spiro atoms. The Bertz CT molecular complexity index is 358. The lowest BCUT2D eigenvalue weighted by Gasteiger charge is -2.04. The van der Waals surface area contributed by atoms with Crippen LogP contribution >= 0.6 is 0 Å². The smallest absolute Gasteiger partial charge is 0.478 e. The fourth-order valence-electron chi connectivity index (χ4n) is 0.994. The zero-order chi connectivity index (χ0) is 10.6. The van der Waals surface area contributed by atoms with E-state index in [2.05, 4.69) is 4.74 Å². The Labute approximate surface area is 79.6 Å². The average molecular weight is 196 g/mol. The summed E-state index contributed by atoms with van der Waals surface area (Å²) in [6, 6.07) is 6.08. The van der Waals surface area contributed by atoms with E-state index in [1.165, 1.54) is 12.1 Å². The van der Waals surface area contributed by atoms with Gasteiger partial charge in [0.1, 0.15) is 6.61 Å². The molecule has 1 rings (SSSR count). The molecule has 0 aliphatic heterocycles. The predicted octanol–water partition coefficient (Wildman–Crippen LogP) is 1.58. The molecule has 74 valence electrons. The number of ether oxygens (including phenoxy) is 1. The van der Waals surface area contributed by atoms with Crippen LogP contribution in [0.5, 0.6) is 0 Å². The van der Waals surface area contributed by atoms with Gasteiger partial charge in [-0.05, 0) is 6.07 Å². The van der Waals surface area contributed by atoms with Crippen molar-refractivity contribution in [2.24, 2.45) is 0 Å². The molecule has 1 aromatic rings. The molecular formula is C9H8O5. The summed E-state index contributed by atoms with van der Waals surface area (Å²) in [6.45, 7) is -0.252. The highest BCUT2D eigenvalue weighted by Crippen LogP contribution is 2.09. The summed E-state index contributed by atoms with van der Waals surface area (Å²) in [5, 5.41) is 17.0. The lowest BCUT2D eigenvalue weighted by Crippen LogP contribution is -2.06. The van der Waals surface area contributed by atoms with Crippen molar-refractivity contribution in [2.75, 3.05) is 0 Å². The number of hydrogen-bond acceptors (Lipinski definition) is 3. The van der Waals surface area contributed by atoms with E-state index in [0.29, 0.717) is 5.56 Å². The van der Waals surface area contributed by atoms with Crippen LogP contribution in [0.4, 0.5) is 4.79 Å². The van der Waals surface area contributed by atoms with E-state index < -0.39 is 12.1 Å². The van der Waals surface area contributed by atoms with Crippen LogP contribution in [0.3, 0.4) is 0 Å². The summed E-state index contributed by atoms with van der Waals surface area (Å²) in [4.78, 5) is 20.7. The van der Waals surface area contributed by atoms with Gasteiger partial charge in [0.2, 0.25) is 0 Å². The van der Waals surface area contributed by atoms with Gasteiger partial charge in [-0.25, -0.2) is 9.59 Å². The van der Waals surface area contributed by atoms with Gasteiger partial charge in [0, 0.05) is 5.56 Å². The van der Waals surface area contributed by atoms with Crippen LogP contribution in [0.1, 0.15) is 15.9 Å². The van der Waals surface area contributed by atoms with E-state index in [9.17, 15) is 9.59 Å². The molecule has 5 heteroatoms. The van der Waals surface area contributed by atoms with Crippen LogP contribution in [0.25, 0.3) is 0 Å². The summed E-state index contributed by atoms with van der Waals surface area (Å²) < 4.78 is 4.27. The third-order valence-corrected chi connectivity index (χ3v) is 1.60. The van der Waals surface area contributed by atoms with E-state index in [0.717, 1.165) is 0 Å². The minimum Gasteiger partial charge on any atom is -0.478 e. The fraction of sp³-hybridized carbons (Fsp3) is 0.111. The van der Waals surface area contributed by atoms with Gasteiger partial charge < -0.3 is 14.9 Å². The second-order valence-electron chi connectivity index (χ2n) is 2.52. The average Bonchev–Trinajstić information content (AvgIpc) is 2.15. The first-order valence-electron chi connectivity index (χ1n) is 3.78. The van der Waals surface area contributed by atoms with Crippen LogP contribution in [0.2, 0.25) is 0 Å². The van der Waals surface area contributed by atoms with Gasteiger partial charge in [0.15, 0.2) is 0 Å². The molecule has 0 bridgehead atoms. The maximum Gasteiger partial charge on any atom is 0.506 e. The first-order valence-corrected chi connectivity index (χ1v) is 3.78. The zero-order valence-corrected chi connectivity index (χ0v) is 7.14. The maximum atomic E-state index is 10.7. The first kappa shape index (κ1) is 10.0. The molecule has 0 saturated heterocycles. The molecule has 0 aliphatic carbocycles. The van der Waals surface area contributed by atoms with Crippen LogP contribution in [0, 0.1) is 0 Å². The molecule has 0 aromatic heterocycles. The van der Waals surface area contributed by atoms with E-state index in [1.807, 2.05) is 0 Å². The molecule has 0 amide bonds. The second kappa shape index (κ2) is 4.27. The Morgan fingerprint density at radius 3 is 2.43 bits per heavy atom. The minimum atomic E-state index is -1.43. The third-order valence-electron chi connectivity index (χ3n) is 1.60. The first-order chi connectivity index (χ1) is 6.61. The lowest BCUT2D eigenvalue weighted by atomic mass is 10.1. The largest absolute Gasteiger partial charge is 0.506 e. The number of carboxylic acid groups (broad SMARTS) is 2. The summed E-state index contributed by atoms with van der Waals surface area (Å²) in [6.07, 6.45) is -1.43. The highest BCUT2D eigenvalue weighted by molar-refractivity contribution is 5.89. The Hall–Kier alpha value is -2.04. The number of aromatic carboxylic acids is 1. The summed E-state index contributed by atoms with van der Waals surface area (Å²) >= 11 is 0. The molecule has 5 nitrogen and oxygen atoms in total. The van der Waals surface area contributed by atoms with E-state index in [1.54, 1.807) is 12.1 Å². The van der Waals surface area contributed by atoms with Gasteiger partial charge in [-0.2, -0.15) is 0 Å². The van der Waals surface area contributed by atoms with Crippen molar-refractivity contribution in [3.63, 3.8) is 0 Å². The third kappa shape index (κ3) is 2.48. The normalized spacial score (nSPS) is 9.43. The molecule has 14 heavy (non-hydrogen) atoms. The molecule has 2 N–H and O–H groups in total. The summed E-state index contributed by atoms with van der Waals surface area (Å²) in [5.41, 5.74) is 0.385. The molecule has 0 unspecified atom stereocenters. The Morgan fingerprint density at radius 2 is 1.86 bits per heavy atom. The van der Waals surface area contributed by atoms with Crippen LogP contribution in [0.15, 0.2) is 24.3 Å². The molecule has 0 fully saturated rings. The second-order valence-corrected chi connectivity index (χ2v) is 2.52. The number of carboxylic acids is 1. The van der Waals surface area contributed by atoms with Crippen LogP contribution in [-0.4, -0.2) is 22.3 Å². The summed E-state index contributed by atoms with van der Waals surface area (Å²) in [7, 11) is 0. The maximum absolute atomic E-state index is 10.7. The standard InChI is InChI=1S/C9H8O5/c10-8(11)7-4-2-1-3-6(7)5-14-9(12)13/h1-4H,5H2,(H,10,11)(H,12,13). The van der Waals surface area contributed by atoms with E-state index >= 15 is 0 Å². The number of hydrogen-bond donors (Lipinski definition) is 2. The van der Waals surface area contributed by atoms with Crippen molar-refractivity contribution in [3.8, 4) is 0 Å². The van der Waals surface area contributed by atoms with Crippen molar-refractivity contribution in [1.29, 1.82) is 0 Å². The van der Waals surface area contributed by atoms with Gasteiger partial charge in [-0.1, -0.05) is 18.2 Å². The van der Waals surface area contributed by atoms with Crippen molar-refractivity contribution >= 4 is 12.1 Å². The summed E-state index contributed by atoms with van der Waals surface area (Å²) in [5.74, 6) is -1.10. The molecule has 0 radical (unpaired) electrons. The van der Waals surface area contributed by atoms with Crippen LogP contribution < -0.4 is 0 Å². The number of carbonyl (C=O) groups is 2. The monoisotopic (exact) mass is 196 g/mol. The van der Waals surface area contributed by atoms with Crippen molar-refractivity contribution < 1.29 is 24.5 Å². The zero-order valence-electron chi connectivity index (χ0n) is 7.14. The van der Waals surface area contributed by atoms with Crippen molar-refractivity contribution in [1.82, 2.24) is 0 Å². The minimum absolute atomic E-state index is 0.0498. The topological polar surface area (TPSA) is 83.8 Å². The molecule has 0 atom stereocenters. The van der Waals surface area contributed by atoms with E-state index in [-0.39, 0.29) is 12.2 Å².